The van der Waals surface area contributed by atoms with Gasteiger partial charge in [0.1, 0.15) is 18.8 Å². The molecule has 1 aromatic rings. The van der Waals surface area contributed by atoms with Gasteiger partial charge in [0.2, 0.25) is 0 Å². The van der Waals surface area contributed by atoms with Crippen molar-refractivity contribution in [3.63, 3.8) is 0 Å². The van der Waals surface area contributed by atoms with Crippen molar-refractivity contribution >= 4 is 17.6 Å². The first-order valence-electron chi connectivity index (χ1n) is 5.98. The molecule has 0 bridgehead atoms. The van der Waals surface area contributed by atoms with Gasteiger partial charge in [-0.25, -0.2) is 4.79 Å². The molecule has 0 saturated carbocycles. The Morgan fingerprint density at radius 3 is 2.43 bits per heavy atom. The summed E-state index contributed by atoms with van der Waals surface area (Å²) < 4.78 is 15.2. The minimum absolute atomic E-state index is 0.174. The van der Waals surface area contributed by atoms with Crippen molar-refractivity contribution in [1.29, 1.82) is 0 Å². The standard InChI is InChI=1S/C12H12N2O7/c1-6(11(13)15)21-12(16)7-4-9-10(20-3-2-19-9)5-8(7)14(17)18/h4-6H,2-3H2,1H3,(H2,13,15)/t6-/m1/s1. The molecule has 0 radical (unpaired) electrons. The molecule has 0 unspecified atom stereocenters. The lowest BCUT2D eigenvalue weighted by Gasteiger charge is -2.19. The summed E-state index contributed by atoms with van der Waals surface area (Å²) in [5.74, 6) is -1.52. The van der Waals surface area contributed by atoms with E-state index in [-0.39, 0.29) is 30.3 Å². The van der Waals surface area contributed by atoms with Crippen LogP contribution in [0.5, 0.6) is 11.5 Å². The van der Waals surface area contributed by atoms with E-state index in [4.69, 9.17) is 19.9 Å². The Bertz CT molecular complexity index is 614. The largest absolute Gasteiger partial charge is 0.486 e. The number of fused-ring (bicyclic) bond motifs is 1. The van der Waals surface area contributed by atoms with Gasteiger partial charge in [0, 0.05) is 6.07 Å². The zero-order chi connectivity index (χ0) is 15.6. The highest BCUT2D eigenvalue weighted by Gasteiger charge is 2.28. The van der Waals surface area contributed by atoms with Crippen LogP contribution in [0.4, 0.5) is 5.69 Å². The Morgan fingerprint density at radius 2 is 1.90 bits per heavy atom. The molecule has 2 N–H and O–H groups in total. The van der Waals surface area contributed by atoms with Crippen LogP contribution in [0.15, 0.2) is 12.1 Å². The van der Waals surface area contributed by atoms with Crippen LogP contribution in [0.3, 0.4) is 0 Å². The number of rotatable bonds is 4. The quantitative estimate of drug-likeness (QED) is 0.483. The molecule has 1 heterocycles. The monoisotopic (exact) mass is 296 g/mol. The van der Waals surface area contributed by atoms with Crippen molar-refractivity contribution < 1.29 is 28.7 Å². The van der Waals surface area contributed by atoms with Gasteiger partial charge >= 0.3 is 5.97 Å². The van der Waals surface area contributed by atoms with Crippen molar-refractivity contribution in [3.05, 3.63) is 27.8 Å². The molecule has 9 nitrogen and oxygen atoms in total. The van der Waals surface area contributed by atoms with Gasteiger partial charge in [0.05, 0.1) is 11.0 Å². The maximum absolute atomic E-state index is 11.9. The average Bonchev–Trinajstić information content (AvgIpc) is 2.45. The summed E-state index contributed by atoms with van der Waals surface area (Å²) in [6.45, 7) is 1.79. The first kappa shape index (κ1) is 14.6. The third-order valence-corrected chi connectivity index (χ3v) is 2.76. The highest BCUT2D eigenvalue weighted by atomic mass is 16.6. The average molecular weight is 296 g/mol. The Balaban J connectivity index is 2.39. The molecule has 1 amide bonds. The van der Waals surface area contributed by atoms with Crippen molar-refractivity contribution in [2.75, 3.05) is 13.2 Å². The molecule has 0 aliphatic carbocycles. The van der Waals surface area contributed by atoms with E-state index in [1.165, 1.54) is 6.92 Å². The van der Waals surface area contributed by atoms with Crippen molar-refractivity contribution in [2.24, 2.45) is 5.73 Å². The van der Waals surface area contributed by atoms with E-state index in [2.05, 4.69) is 0 Å². The highest BCUT2D eigenvalue weighted by molar-refractivity contribution is 5.96. The summed E-state index contributed by atoms with van der Waals surface area (Å²) in [4.78, 5) is 33.1. The van der Waals surface area contributed by atoms with E-state index < -0.39 is 28.6 Å². The summed E-state index contributed by atoms with van der Waals surface area (Å²) >= 11 is 0. The molecule has 1 atom stereocenters. The van der Waals surface area contributed by atoms with E-state index in [0.717, 1.165) is 12.1 Å². The maximum Gasteiger partial charge on any atom is 0.346 e. The number of benzene rings is 1. The minimum Gasteiger partial charge on any atom is -0.486 e. The molecule has 2 rings (SSSR count). The molecule has 21 heavy (non-hydrogen) atoms. The Hall–Kier alpha value is -2.84. The zero-order valence-electron chi connectivity index (χ0n) is 11.0. The number of hydrogen-bond donors (Lipinski definition) is 1. The predicted octanol–water partition coefficient (Wildman–Crippen LogP) is 0.397. The van der Waals surface area contributed by atoms with Crippen molar-refractivity contribution in [1.82, 2.24) is 0 Å². The summed E-state index contributed by atoms with van der Waals surface area (Å²) in [6.07, 6.45) is -1.20. The van der Waals surface area contributed by atoms with Gasteiger partial charge in [-0.3, -0.25) is 14.9 Å². The fourth-order valence-corrected chi connectivity index (χ4v) is 1.67. The second kappa shape index (κ2) is 5.65. The van der Waals surface area contributed by atoms with Crippen LogP contribution < -0.4 is 15.2 Å². The van der Waals surface area contributed by atoms with Crippen LogP contribution in [-0.4, -0.2) is 36.1 Å². The van der Waals surface area contributed by atoms with Gasteiger partial charge in [-0.1, -0.05) is 0 Å². The number of esters is 1. The van der Waals surface area contributed by atoms with Crippen molar-refractivity contribution in [2.45, 2.75) is 13.0 Å². The number of amides is 1. The van der Waals surface area contributed by atoms with Crippen LogP contribution in [0.2, 0.25) is 0 Å². The number of nitrogens with zero attached hydrogens (tertiary/aromatic N) is 1. The fraction of sp³-hybridized carbons (Fsp3) is 0.333. The second-order valence-electron chi connectivity index (χ2n) is 4.22. The van der Waals surface area contributed by atoms with Crippen LogP contribution in [0, 0.1) is 10.1 Å². The van der Waals surface area contributed by atoms with Crippen LogP contribution in [-0.2, 0) is 9.53 Å². The van der Waals surface area contributed by atoms with E-state index in [9.17, 15) is 19.7 Å². The van der Waals surface area contributed by atoms with Gasteiger partial charge in [-0.2, -0.15) is 0 Å². The Kier molecular flexibility index (Phi) is 3.92. The van der Waals surface area contributed by atoms with Gasteiger partial charge in [0.25, 0.3) is 11.6 Å². The smallest absolute Gasteiger partial charge is 0.346 e. The number of nitro groups is 1. The minimum atomic E-state index is -1.20. The molecule has 0 spiro atoms. The lowest BCUT2D eigenvalue weighted by Crippen LogP contribution is -2.30. The number of carbonyl (C=O) groups excluding carboxylic acids is 2. The molecule has 0 fully saturated rings. The molecular weight excluding hydrogens is 284 g/mol. The zero-order valence-corrected chi connectivity index (χ0v) is 11.0. The fourth-order valence-electron chi connectivity index (χ4n) is 1.67. The lowest BCUT2D eigenvalue weighted by molar-refractivity contribution is -0.385. The number of ether oxygens (including phenoxy) is 3. The van der Waals surface area contributed by atoms with E-state index in [1.54, 1.807) is 0 Å². The number of primary amides is 1. The Labute approximate surface area is 118 Å². The predicted molar refractivity (Wildman–Crippen MR) is 68.2 cm³/mol. The SMILES string of the molecule is C[C@@H](OC(=O)c1cc2c(cc1[N+](=O)[O-])OCCO2)C(N)=O. The van der Waals surface area contributed by atoms with Gasteiger partial charge < -0.3 is 19.9 Å². The summed E-state index contributed by atoms with van der Waals surface area (Å²) in [7, 11) is 0. The van der Waals surface area contributed by atoms with Crippen molar-refractivity contribution in [3.8, 4) is 11.5 Å². The maximum atomic E-state index is 11.9. The van der Waals surface area contributed by atoms with Gasteiger partial charge in [-0.15, -0.1) is 0 Å². The van der Waals surface area contributed by atoms with Gasteiger partial charge in [0.15, 0.2) is 17.6 Å². The molecule has 0 saturated heterocycles. The lowest BCUT2D eigenvalue weighted by atomic mass is 10.1. The third kappa shape index (κ3) is 3.02. The number of nitro benzene ring substituents is 1. The first-order chi connectivity index (χ1) is 9.90. The molecule has 112 valence electrons. The van der Waals surface area contributed by atoms with E-state index in [1.807, 2.05) is 0 Å². The van der Waals surface area contributed by atoms with Gasteiger partial charge in [-0.05, 0) is 6.92 Å². The summed E-state index contributed by atoms with van der Waals surface area (Å²) in [6, 6.07) is 2.24. The second-order valence-corrected chi connectivity index (χ2v) is 4.22. The molecule has 1 aromatic carbocycles. The summed E-state index contributed by atoms with van der Waals surface area (Å²) in [5, 5.41) is 11.0. The number of carbonyl (C=O) groups is 2. The third-order valence-electron chi connectivity index (χ3n) is 2.76. The Morgan fingerprint density at radius 1 is 1.33 bits per heavy atom. The molecule has 1 aliphatic rings. The molecule has 9 heteroatoms. The van der Waals surface area contributed by atoms with E-state index in [0.29, 0.717) is 0 Å². The topological polar surface area (TPSA) is 131 Å². The first-order valence-corrected chi connectivity index (χ1v) is 5.98. The highest BCUT2D eigenvalue weighted by Crippen LogP contribution is 2.36. The van der Waals surface area contributed by atoms with Crippen LogP contribution >= 0.6 is 0 Å². The molecular formula is C12H12N2O7. The normalized spacial score (nSPS) is 14.1. The molecule has 1 aliphatic heterocycles. The van der Waals surface area contributed by atoms with E-state index >= 15 is 0 Å². The summed E-state index contributed by atoms with van der Waals surface area (Å²) in [5.41, 5.74) is 4.14. The van der Waals surface area contributed by atoms with Crippen LogP contribution in [0.1, 0.15) is 17.3 Å². The number of nitrogens with two attached hydrogens (primary N) is 1. The van der Waals surface area contributed by atoms with Crippen LogP contribution in [0.25, 0.3) is 0 Å². The molecule has 0 aromatic heterocycles. The number of hydrogen-bond acceptors (Lipinski definition) is 7.